The summed E-state index contributed by atoms with van der Waals surface area (Å²) >= 11 is 0. The molecule has 0 bridgehead atoms. The van der Waals surface area contributed by atoms with E-state index in [0.717, 1.165) is 42.6 Å². The van der Waals surface area contributed by atoms with Crippen LogP contribution in [0.25, 0.3) is 22.3 Å². The van der Waals surface area contributed by atoms with Crippen molar-refractivity contribution in [3.8, 4) is 22.3 Å². The van der Waals surface area contributed by atoms with Crippen LogP contribution in [0.4, 0.5) is 0 Å². The average Bonchev–Trinajstić information content (AvgIpc) is 3.12. The zero-order valence-electron chi connectivity index (χ0n) is 30.8. The lowest BCUT2D eigenvalue weighted by atomic mass is 9.96. The minimum Gasteiger partial charge on any atom is -0.462 e. The SMILES string of the molecule is CCCCCCCCCCCCCCCCCCCCOC(C)c1ccc(-c2ccc(-c3ccccc3C(=O)OCCCC)cc2)cc1. The van der Waals surface area contributed by atoms with Crippen molar-refractivity contribution in [1.29, 1.82) is 0 Å². The van der Waals surface area contributed by atoms with E-state index < -0.39 is 0 Å². The van der Waals surface area contributed by atoms with Crippen molar-refractivity contribution in [2.24, 2.45) is 0 Å². The third-order valence-corrected chi connectivity index (χ3v) is 9.65. The van der Waals surface area contributed by atoms with Crippen molar-refractivity contribution in [1.82, 2.24) is 0 Å². The summed E-state index contributed by atoms with van der Waals surface area (Å²) in [6.07, 6.45) is 27.1. The average molecular weight is 655 g/mol. The molecule has 264 valence electrons. The summed E-state index contributed by atoms with van der Waals surface area (Å²) < 4.78 is 11.7. The van der Waals surface area contributed by atoms with Crippen LogP contribution >= 0.6 is 0 Å². The fraction of sp³-hybridized carbons (Fsp3) is 0.578. The third-order valence-electron chi connectivity index (χ3n) is 9.65. The number of hydrogen-bond acceptors (Lipinski definition) is 3. The van der Waals surface area contributed by atoms with Crippen molar-refractivity contribution in [2.75, 3.05) is 13.2 Å². The minimum atomic E-state index is -0.254. The van der Waals surface area contributed by atoms with Gasteiger partial charge in [0.2, 0.25) is 0 Å². The van der Waals surface area contributed by atoms with Crippen molar-refractivity contribution >= 4 is 5.97 Å². The maximum absolute atomic E-state index is 12.7. The highest BCUT2D eigenvalue weighted by Gasteiger charge is 2.14. The van der Waals surface area contributed by atoms with Gasteiger partial charge in [0.1, 0.15) is 0 Å². The Kier molecular flexibility index (Phi) is 20.7. The predicted molar refractivity (Wildman–Crippen MR) is 206 cm³/mol. The summed E-state index contributed by atoms with van der Waals surface area (Å²) in [6, 6.07) is 24.9. The highest BCUT2D eigenvalue weighted by Crippen LogP contribution is 2.29. The Balaban J connectivity index is 1.25. The van der Waals surface area contributed by atoms with Crippen LogP contribution in [-0.4, -0.2) is 19.2 Å². The molecule has 0 amide bonds. The quantitative estimate of drug-likeness (QED) is 0.0606. The fourth-order valence-electron chi connectivity index (χ4n) is 6.45. The third kappa shape index (κ3) is 15.5. The summed E-state index contributed by atoms with van der Waals surface area (Å²) in [7, 11) is 0. The highest BCUT2D eigenvalue weighted by molar-refractivity contribution is 5.97. The summed E-state index contributed by atoms with van der Waals surface area (Å²) in [4.78, 5) is 12.7. The summed E-state index contributed by atoms with van der Waals surface area (Å²) in [5, 5.41) is 0. The van der Waals surface area contributed by atoms with Crippen LogP contribution in [0.3, 0.4) is 0 Å². The molecule has 1 atom stereocenters. The Labute approximate surface area is 294 Å². The van der Waals surface area contributed by atoms with E-state index in [2.05, 4.69) is 69.3 Å². The molecule has 1 unspecified atom stereocenters. The molecular weight excluding hydrogens is 588 g/mol. The lowest BCUT2D eigenvalue weighted by Crippen LogP contribution is -2.07. The van der Waals surface area contributed by atoms with E-state index in [1.807, 2.05) is 24.3 Å². The second-order valence-electron chi connectivity index (χ2n) is 13.8. The summed E-state index contributed by atoms with van der Waals surface area (Å²) in [5.41, 5.74) is 6.08. The highest BCUT2D eigenvalue weighted by atomic mass is 16.5. The molecule has 0 spiro atoms. The molecule has 0 saturated carbocycles. The Morgan fingerprint density at radius 1 is 0.500 bits per heavy atom. The molecule has 0 N–H and O–H groups in total. The molecule has 0 radical (unpaired) electrons. The molecule has 48 heavy (non-hydrogen) atoms. The van der Waals surface area contributed by atoms with E-state index in [4.69, 9.17) is 9.47 Å². The number of esters is 1. The smallest absolute Gasteiger partial charge is 0.338 e. The molecule has 3 aromatic carbocycles. The van der Waals surface area contributed by atoms with Crippen LogP contribution in [0.2, 0.25) is 0 Å². The number of unbranched alkanes of at least 4 members (excludes halogenated alkanes) is 18. The first-order chi connectivity index (χ1) is 23.6. The van der Waals surface area contributed by atoms with Crippen molar-refractivity contribution in [2.45, 2.75) is 155 Å². The monoisotopic (exact) mass is 655 g/mol. The molecule has 0 aliphatic carbocycles. The molecule has 3 aromatic rings. The van der Waals surface area contributed by atoms with Gasteiger partial charge in [0.05, 0.1) is 18.3 Å². The zero-order chi connectivity index (χ0) is 34.1. The number of hydrogen-bond donors (Lipinski definition) is 0. The van der Waals surface area contributed by atoms with Gasteiger partial charge in [-0.1, -0.05) is 196 Å². The number of benzene rings is 3. The second-order valence-corrected chi connectivity index (χ2v) is 13.8. The largest absolute Gasteiger partial charge is 0.462 e. The number of carbonyl (C=O) groups is 1. The van der Waals surface area contributed by atoms with Crippen LogP contribution in [-0.2, 0) is 9.47 Å². The van der Waals surface area contributed by atoms with Crippen molar-refractivity contribution in [3.05, 3.63) is 83.9 Å². The number of carbonyl (C=O) groups excluding carboxylic acids is 1. The molecular formula is C45H66O3. The van der Waals surface area contributed by atoms with E-state index in [0.29, 0.717) is 12.2 Å². The van der Waals surface area contributed by atoms with Crippen molar-refractivity contribution < 1.29 is 14.3 Å². The van der Waals surface area contributed by atoms with Crippen LogP contribution in [0.5, 0.6) is 0 Å². The van der Waals surface area contributed by atoms with Gasteiger partial charge in [-0.15, -0.1) is 0 Å². The molecule has 3 nitrogen and oxygen atoms in total. The van der Waals surface area contributed by atoms with Gasteiger partial charge >= 0.3 is 5.97 Å². The first kappa shape index (κ1) is 39.5. The van der Waals surface area contributed by atoms with E-state index in [-0.39, 0.29) is 12.1 Å². The van der Waals surface area contributed by atoms with Gasteiger partial charge in [-0.05, 0) is 53.6 Å². The fourth-order valence-corrected chi connectivity index (χ4v) is 6.45. The molecule has 0 fully saturated rings. The Hall–Kier alpha value is -2.91. The molecule has 0 aliphatic rings. The zero-order valence-corrected chi connectivity index (χ0v) is 30.8. The summed E-state index contributed by atoms with van der Waals surface area (Å²) in [5.74, 6) is -0.254. The van der Waals surface area contributed by atoms with Crippen LogP contribution < -0.4 is 0 Å². The maximum Gasteiger partial charge on any atom is 0.338 e. The van der Waals surface area contributed by atoms with Crippen molar-refractivity contribution in [3.63, 3.8) is 0 Å². The second kappa shape index (κ2) is 25.1. The van der Waals surface area contributed by atoms with E-state index in [1.165, 1.54) is 120 Å². The van der Waals surface area contributed by atoms with Gasteiger partial charge < -0.3 is 9.47 Å². The molecule has 0 heterocycles. The van der Waals surface area contributed by atoms with Crippen LogP contribution in [0.15, 0.2) is 72.8 Å². The molecule has 0 aliphatic heterocycles. The predicted octanol–water partition coefficient (Wildman–Crippen LogP) is 14.1. The number of rotatable bonds is 27. The topological polar surface area (TPSA) is 35.5 Å². The number of ether oxygens (including phenoxy) is 2. The van der Waals surface area contributed by atoms with Gasteiger partial charge in [-0.25, -0.2) is 4.79 Å². The normalized spacial score (nSPS) is 11.9. The Morgan fingerprint density at radius 3 is 1.46 bits per heavy atom. The van der Waals surface area contributed by atoms with E-state index >= 15 is 0 Å². The van der Waals surface area contributed by atoms with E-state index in [9.17, 15) is 4.79 Å². The summed E-state index contributed by atoms with van der Waals surface area (Å²) in [6.45, 7) is 7.83. The first-order valence-corrected chi connectivity index (χ1v) is 19.7. The van der Waals surface area contributed by atoms with Crippen LogP contribution in [0.1, 0.15) is 171 Å². The van der Waals surface area contributed by atoms with Crippen LogP contribution in [0, 0.1) is 0 Å². The Bertz CT molecular complexity index is 1230. The van der Waals surface area contributed by atoms with Gasteiger partial charge in [0.25, 0.3) is 0 Å². The Morgan fingerprint density at radius 2 is 0.938 bits per heavy atom. The molecule has 3 heteroatoms. The molecule has 0 saturated heterocycles. The van der Waals surface area contributed by atoms with Gasteiger partial charge in [-0.2, -0.15) is 0 Å². The van der Waals surface area contributed by atoms with Gasteiger partial charge in [-0.3, -0.25) is 0 Å². The standard InChI is InChI=1S/C45H66O3/c1-4-6-8-9-10-11-12-13-14-15-16-17-18-19-20-21-22-25-37-47-38(3)39-28-30-40(31-29-39)41-32-34-42(35-33-41)43-26-23-24-27-44(43)45(46)48-36-7-5-2/h23-24,26-35,38H,4-22,25,36-37H2,1-3H3. The maximum atomic E-state index is 12.7. The minimum absolute atomic E-state index is 0.0980. The lowest BCUT2D eigenvalue weighted by molar-refractivity contribution is 0.0500. The molecule has 0 aromatic heterocycles. The van der Waals surface area contributed by atoms with Gasteiger partial charge in [0, 0.05) is 6.61 Å². The molecule has 3 rings (SSSR count). The first-order valence-electron chi connectivity index (χ1n) is 19.7. The van der Waals surface area contributed by atoms with E-state index in [1.54, 1.807) is 0 Å². The van der Waals surface area contributed by atoms with Gasteiger partial charge in [0.15, 0.2) is 0 Å². The lowest BCUT2D eigenvalue weighted by Gasteiger charge is -2.14.